The Balaban J connectivity index is 2.73. The van der Waals surface area contributed by atoms with Crippen LogP contribution in [0.3, 0.4) is 0 Å². The molecule has 0 radical (unpaired) electrons. The number of rotatable bonds is 6. The Morgan fingerprint density at radius 2 is 1.91 bits per heavy atom. The molecule has 0 saturated carbocycles. The second-order valence-corrected chi connectivity index (χ2v) is 5.45. The summed E-state index contributed by atoms with van der Waals surface area (Å²) in [5.41, 5.74) is 1.56. The van der Waals surface area contributed by atoms with Crippen LogP contribution in [-0.4, -0.2) is 38.6 Å². The van der Waals surface area contributed by atoms with E-state index < -0.39 is 18.5 Å². The molecule has 0 aliphatic heterocycles. The van der Waals surface area contributed by atoms with Gasteiger partial charge in [0.25, 0.3) is 5.91 Å². The molecule has 6 heteroatoms. The molecule has 0 unspecified atom stereocenters. The molecule has 122 valence electrons. The third-order valence-electron chi connectivity index (χ3n) is 2.84. The fourth-order valence-electron chi connectivity index (χ4n) is 1.74. The number of hydrogen-bond acceptors (Lipinski definition) is 5. The third kappa shape index (κ3) is 6.22. The monoisotopic (exact) mass is 315 g/mol. The second kappa shape index (κ2) is 8.59. The Morgan fingerprint density at radius 3 is 2.39 bits per heavy atom. The zero-order valence-corrected chi connectivity index (χ0v) is 13.8. The van der Waals surface area contributed by atoms with E-state index in [2.05, 4.69) is 5.32 Å². The van der Waals surface area contributed by atoms with Crippen LogP contribution in [0.1, 0.15) is 19.4 Å². The number of nitriles is 1. The summed E-state index contributed by atoms with van der Waals surface area (Å²) in [6.45, 7) is 3.20. The standard InChI is InChI=1S/C17H21N3O3/c1-12(2)19-16(21)11-23-17(22)14(10-18)9-13-5-7-15(8-6-13)20(3)4/h5-9,12H,11H2,1-4H3,(H,19,21)/b14-9+. The van der Waals surface area contributed by atoms with Crippen LogP contribution in [0.2, 0.25) is 0 Å². The van der Waals surface area contributed by atoms with Crippen LogP contribution >= 0.6 is 0 Å². The Labute approximate surface area is 136 Å². The van der Waals surface area contributed by atoms with E-state index in [4.69, 9.17) is 10.00 Å². The molecule has 6 nitrogen and oxygen atoms in total. The number of amides is 1. The molecule has 1 rings (SSSR count). The first kappa shape index (κ1) is 18.2. The molecule has 0 bridgehead atoms. The average Bonchev–Trinajstić information content (AvgIpc) is 2.50. The van der Waals surface area contributed by atoms with Gasteiger partial charge in [0, 0.05) is 25.8 Å². The molecule has 0 aliphatic rings. The quantitative estimate of drug-likeness (QED) is 0.491. The van der Waals surface area contributed by atoms with Crippen LogP contribution in [0, 0.1) is 11.3 Å². The first-order valence-corrected chi connectivity index (χ1v) is 7.19. The van der Waals surface area contributed by atoms with Crippen LogP contribution in [0.5, 0.6) is 0 Å². The number of hydrogen-bond donors (Lipinski definition) is 1. The van der Waals surface area contributed by atoms with Gasteiger partial charge in [0.15, 0.2) is 6.61 Å². The fourth-order valence-corrected chi connectivity index (χ4v) is 1.74. The number of esters is 1. The number of nitrogens with zero attached hydrogens (tertiary/aromatic N) is 2. The molecule has 0 heterocycles. The first-order valence-electron chi connectivity index (χ1n) is 7.19. The van der Waals surface area contributed by atoms with E-state index in [1.54, 1.807) is 32.0 Å². The number of ether oxygens (including phenoxy) is 1. The maximum Gasteiger partial charge on any atom is 0.349 e. The van der Waals surface area contributed by atoms with Gasteiger partial charge in [0.1, 0.15) is 11.6 Å². The first-order chi connectivity index (χ1) is 10.8. The number of anilines is 1. The van der Waals surface area contributed by atoms with E-state index in [9.17, 15) is 9.59 Å². The molecule has 0 atom stereocenters. The van der Waals surface area contributed by atoms with Crippen molar-refractivity contribution in [1.29, 1.82) is 5.26 Å². The van der Waals surface area contributed by atoms with Crippen molar-refractivity contribution in [2.45, 2.75) is 19.9 Å². The summed E-state index contributed by atoms with van der Waals surface area (Å²) in [5, 5.41) is 11.7. The predicted octanol–water partition coefficient (Wildman–Crippen LogP) is 1.73. The van der Waals surface area contributed by atoms with Gasteiger partial charge < -0.3 is 15.0 Å². The van der Waals surface area contributed by atoms with Crippen molar-refractivity contribution in [3.63, 3.8) is 0 Å². The lowest BCUT2D eigenvalue weighted by Gasteiger charge is -2.12. The predicted molar refractivity (Wildman–Crippen MR) is 88.6 cm³/mol. The summed E-state index contributed by atoms with van der Waals surface area (Å²) < 4.78 is 4.84. The van der Waals surface area contributed by atoms with Crippen molar-refractivity contribution >= 4 is 23.6 Å². The number of nitrogens with one attached hydrogen (secondary N) is 1. The van der Waals surface area contributed by atoms with Gasteiger partial charge >= 0.3 is 5.97 Å². The van der Waals surface area contributed by atoms with Crippen LogP contribution < -0.4 is 10.2 Å². The maximum atomic E-state index is 11.8. The molecule has 23 heavy (non-hydrogen) atoms. The van der Waals surface area contributed by atoms with Gasteiger partial charge in [-0.05, 0) is 37.6 Å². The zero-order chi connectivity index (χ0) is 17.4. The van der Waals surface area contributed by atoms with Crippen molar-refractivity contribution < 1.29 is 14.3 Å². The van der Waals surface area contributed by atoms with E-state index in [1.165, 1.54) is 6.08 Å². The lowest BCUT2D eigenvalue weighted by atomic mass is 10.1. The summed E-state index contributed by atoms with van der Waals surface area (Å²) in [4.78, 5) is 25.2. The highest BCUT2D eigenvalue weighted by Crippen LogP contribution is 2.15. The number of benzene rings is 1. The lowest BCUT2D eigenvalue weighted by Crippen LogP contribution is -2.34. The fraction of sp³-hybridized carbons (Fsp3) is 0.353. The van der Waals surface area contributed by atoms with Crippen LogP contribution in [0.25, 0.3) is 6.08 Å². The van der Waals surface area contributed by atoms with Crippen molar-refractivity contribution in [2.75, 3.05) is 25.6 Å². The maximum absolute atomic E-state index is 11.8. The summed E-state index contributed by atoms with van der Waals surface area (Å²) in [7, 11) is 3.84. The molecule has 1 aromatic rings. The van der Waals surface area contributed by atoms with Crippen LogP contribution in [0.4, 0.5) is 5.69 Å². The third-order valence-corrected chi connectivity index (χ3v) is 2.84. The lowest BCUT2D eigenvalue weighted by molar-refractivity contribution is -0.144. The number of carbonyl (C=O) groups is 2. The molecule has 0 saturated heterocycles. The minimum atomic E-state index is -0.817. The smallest absolute Gasteiger partial charge is 0.349 e. The molecular formula is C17H21N3O3. The van der Waals surface area contributed by atoms with Gasteiger partial charge in [-0.25, -0.2) is 4.79 Å². The molecule has 0 aliphatic carbocycles. The highest BCUT2D eigenvalue weighted by atomic mass is 16.5. The highest BCUT2D eigenvalue weighted by molar-refractivity contribution is 5.98. The minimum Gasteiger partial charge on any atom is -0.451 e. The topological polar surface area (TPSA) is 82.4 Å². The molecule has 0 spiro atoms. The van der Waals surface area contributed by atoms with Crippen molar-refractivity contribution in [2.24, 2.45) is 0 Å². The second-order valence-electron chi connectivity index (χ2n) is 5.45. The molecule has 1 N–H and O–H groups in total. The van der Waals surface area contributed by atoms with Gasteiger partial charge in [0.05, 0.1) is 0 Å². The van der Waals surface area contributed by atoms with Gasteiger partial charge in [-0.1, -0.05) is 12.1 Å². The Morgan fingerprint density at radius 1 is 1.30 bits per heavy atom. The van der Waals surface area contributed by atoms with Gasteiger partial charge in [0.2, 0.25) is 0 Å². The normalized spacial score (nSPS) is 10.9. The van der Waals surface area contributed by atoms with Crippen LogP contribution in [-0.2, 0) is 14.3 Å². The van der Waals surface area contributed by atoms with E-state index in [-0.39, 0.29) is 11.6 Å². The average molecular weight is 315 g/mol. The molecule has 1 amide bonds. The SMILES string of the molecule is CC(C)NC(=O)COC(=O)/C(C#N)=C/c1ccc(N(C)C)cc1. The van der Waals surface area contributed by atoms with Crippen molar-refractivity contribution in [3.8, 4) is 6.07 Å². The summed E-state index contributed by atoms with van der Waals surface area (Å²) in [5.74, 6) is -1.22. The summed E-state index contributed by atoms with van der Waals surface area (Å²) in [6.07, 6.45) is 1.43. The largest absolute Gasteiger partial charge is 0.451 e. The van der Waals surface area contributed by atoms with Gasteiger partial charge in [-0.2, -0.15) is 5.26 Å². The van der Waals surface area contributed by atoms with E-state index >= 15 is 0 Å². The number of carbonyl (C=O) groups excluding carboxylic acids is 2. The van der Waals surface area contributed by atoms with Gasteiger partial charge in [-0.3, -0.25) is 4.79 Å². The van der Waals surface area contributed by atoms with Crippen molar-refractivity contribution in [1.82, 2.24) is 5.32 Å². The highest BCUT2D eigenvalue weighted by Gasteiger charge is 2.13. The molecule has 1 aromatic carbocycles. The molecule has 0 aromatic heterocycles. The molecule has 0 fully saturated rings. The Kier molecular flexibility index (Phi) is 6.81. The Bertz CT molecular complexity index is 625. The Hall–Kier alpha value is -2.81. The minimum absolute atomic E-state index is 0.0395. The van der Waals surface area contributed by atoms with Crippen molar-refractivity contribution in [3.05, 3.63) is 35.4 Å². The van der Waals surface area contributed by atoms with E-state index in [0.29, 0.717) is 5.56 Å². The van der Waals surface area contributed by atoms with Crippen LogP contribution in [0.15, 0.2) is 29.8 Å². The van der Waals surface area contributed by atoms with Gasteiger partial charge in [-0.15, -0.1) is 0 Å². The summed E-state index contributed by atoms with van der Waals surface area (Å²) in [6, 6.07) is 9.11. The molecular weight excluding hydrogens is 294 g/mol. The summed E-state index contributed by atoms with van der Waals surface area (Å²) >= 11 is 0. The van der Waals surface area contributed by atoms with E-state index in [1.807, 2.05) is 31.1 Å². The zero-order valence-electron chi connectivity index (χ0n) is 13.8. The van der Waals surface area contributed by atoms with E-state index in [0.717, 1.165) is 5.69 Å².